The second-order valence-corrected chi connectivity index (χ2v) is 6.90. The molecular weight excluding hydrogens is 300 g/mol. The van der Waals surface area contributed by atoms with E-state index in [-0.39, 0.29) is 11.4 Å². The Hall–Kier alpha value is -0.390. The highest BCUT2D eigenvalue weighted by Gasteiger charge is 2.38. The lowest BCUT2D eigenvalue weighted by Gasteiger charge is -2.26. The van der Waals surface area contributed by atoms with Crippen LogP contribution in [0.25, 0.3) is 0 Å². The van der Waals surface area contributed by atoms with Crippen molar-refractivity contribution in [3.05, 3.63) is 20.8 Å². The molecule has 5 heteroatoms. The molecule has 0 aliphatic carbocycles. The molecule has 0 radical (unpaired) electrons. The molecule has 0 spiro atoms. The number of carbonyl (C=O) groups excluding carboxylic acids is 1. The summed E-state index contributed by atoms with van der Waals surface area (Å²) in [7, 11) is 0. The van der Waals surface area contributed by atoms with Crippen LogP contribution in [-0.2, 0) is 11.3 Å². The van der Waals surface area contributed by atoms with E-state index in [4.69, 9.17) is 0 Å². The van der Waals surface area contributed by atoms with Gasteiger partial charge in [-0.05, 0) is 53.9 Å². The molecule has 1 fully saturated rings. The number of thiophene rings is 1. The van der Waals surface area contributed by atoms with Gasteiger partial charge in [-0.15, -0.1) is 11.3 Å². The molecule has 1 aromatic rings. The largest absolute Gasteiger partial charge is 0.350 e. The Balaban J connectivity index is 1.92. The second-order valence-electron chi connectivity index (χ2n) is 4.35. The Labute approximate surface area is 114 Å². The monoisotopic (exact) mass is 316 g/mol. The summed E-state index contributed by atoms with van der Waals surface area (Å²) in [6.45, 7) is 3.64. The Morgan fingerprint density at radius 3 is 3.00 bits per heavy atom. The first kappa shape index (κ1) is 13.1. The molecule has 3 nitrogen and oxygen atoms in total. The Bertz CT molecular complexity index is 399. The van der Waals surface area contributed by atoms with E-state index in [1.165, 1.54) is 4.88 Å². The van der Waals surface area contributed by atoms with Crippen molar-refractivity contribution in [2.75, 3.05) is 6.54 Å². The summed E-state index contributed by atoms with van der Waals surface area (Å²) in [6.07, 6.45) is 2.89. The molecule has 1 atom stereocenters. The molecule has 1 aliphatic heterocycles. The van der Waals surface area contributed by atoms with Crippen molar-refractivity contribution >= 4 is 33.2 Å². The van der Waals surface area contributed by atoms with Gasteiger partial charge in [-0.2, -0.15) is 0 Å². The van der Waals surface area contributed by atoms with Crippen molar-refractivity contribution in [2.24, 2.45) is 0 Å². The summed E-state index contributed by atoms with van der Waals surface area (Å²) >= 11 is 5.08. The van der Waals surface area contributed by atoms with E-state index in [9.17, 15) is 4.79 Å². The lowest BCUT2D eigenvalue weighted by atomic mass is 9.93. The summed E-state index contributed by atoms with van der Waals surface area (Å²) in [6, 6.07) is 4.05. The molecule has 1 aliphatic rings. The number of rotatable bonds is 4. The minimum Gasteiger partial charge on any atom is -0.350 e. The normalized spacial score (nSPS) is 23.9. The highest BCUT2D eigenvalue weighted by atomic mass is 79.9. The molecule has 1 aromatic heterocycles. The van der Waals surface area contributed by atoms with Gasteiger partial charge in [0.2, 0.25) is 5.91 Å². The first-order valence-electron chi connectivity index (χ1n) is 5.94. The van der Waals surface area contributed by atoms with Gasteiger partial charge in [-0.3, -0.25) is 4.79 Å². The van der Waals surface area contributed by atoms with E-state index < -0.39 is 0 Å². The van der Waals surface area contributed by atoms with Gasteiger partial charge in [0.25, 0.3) is 0 Å². The van der Waals surface area contributed by atoms with Gasteiger partial charge < -0.3 is 10.6 Å². The first-order chi connectivity index (χ1) is 8.16. The van der Waals surface area contributed by atoms with Crippen LogP contribution in [0.3, 0.4) is 0 Å². The summed E-state index contributed by atoms with van der Waals surface area (Å²) in [5, 5.41) is 6.38. The number of nitrogens with one attached hydrogen (secondary N) is 2. The van der Waals surface area contributed by atoms with Crippen molar-refractivity contribution in [3.8, 4) is 0 Å². The molecule has 1 saturated heterocycles. The minimum atomic E-state index is -0.325. The van der Waals surface area contributed by atoms with Crippen LogP contribution in [0.4, 0.5) is 0 Å². The van der Waals surface area contributed by atoms with E-state index in [0.717, 1.165) is 29.6 Å². The molecule has 17 heavy (non-hydrogen) atoms. The zero-order valence-electron chi connectivity index (χ0n) is 9.88. The zero-order chi connectivity index (χ0) is 12.3. The second kappa shape index (κ2) is 5.50. The highest BCUT2D eigenvalue weighted by Crippen LogP contribution is 2.24. The third kappa shape index (κ3) is 2.89. The minimum absolute atomic E-state index is 0.141. The molecule has 0 saturated carbocycles. The van der Waals surface area contributed by atoms with Gasteiger partial charge in [0.05, 0.1) is 15.9 Å². The molecular formula is C12H17BrN2OS. The zero-order valence-corrected chi connectivity index (χ0v) is 12.3. The van der Waals surface area contributed by atoms with E-state index >= 15 is 0 Å². The fraction of sp³-hybridized carbons (Fsp3) is 0.583. The Kier molecular flexibility index (Phi) is 4.22. The summed E-state index contributed by atoms with van der Waals surface area (Å²) < 4.78 is 1.10. The van der Waals surface area contributed by atoms with E-state index in [1.54, 1.807) is 11.3 Å². The van der Waals surface area contributed by atoms with Crippen LogP contribution in [0.1, 0.15) is 31.1 Å². The molecule has 0 aromatic carbocycles. The quantitative estimate of drug-likeness (QED) is 0.896. The average Bonchev–Trinajstić information content (AvgIpc) is 2.95. The molecule has 1 unspecified atom stereocenters. The number of carbonyl (C=O) groups is 1. The Morgan fingerprint density at radius 1 is 1.65 bits per heavy atom. The molecule has 2 heterocycles. The fourth-order valence-electron chi connectivity index (χ4n) is 2.25. The van der Waals surface area contributed by atoms with Gasteiger partial charge in [0, 0.05) is 4.88 Å². The van der Waals surface area contributed by atoms with Gasteiger partial charge in [-0.25, -0.2) is 0 Å². The lowest BCUT2D eigenvalue weighted by molar-refractivity contribution is -0.127. The van der Waals surface area contributed by atoms with E-state index in [0.29, 0.717) is 6.54 Å². The molecule has 2 N–H and O–H groups in total. The Morgan fingerprint density at radius 2 is 2.47 bits per heavy atom. The smallest absolute Gasteiger partial charge is 0.240 e. The molecule has 94 valence electrons. The fourth-order valence-corrected chi connectivity index (χ4v) is 3.67. The maximum absolute atomic E-state index is 12.2. The van der Waals surface area contributed by atoms with Crippen molar-refractivity contribution in [1.82, 2.24) is 10.6 Å². The first-order valence-corrected chi connectivity index (χ1v) is 7.55. The predicted octanol–water partition coefficient (Wildman–Crippen LogP) is 2.66. The molecule has 2 rings (SSSR count). The predicted molar refractivity (Wildman–Crippen MR) is 74.1 cm³/mol. The van der Waals surface area contributed by atoms with Gasteiger partial charge in [0.1, 0.15) is 0 Å². The third-order valence-electron chi connectivity index (χ3n) is 3.33. The summed E-state index contributed by atoms with van der Waals surface area (Å²) in [4.78, 5) is 13.4. The van der Waals surface area contributed by atoms with Crippen LogP contribution in [0.2, 0.25) is 0 Å². The third-order valence-corrected chi connectivity index (χ3v) is 4.96. The van der Waals surface area contributed by atoms with Crippen LogP contribution in [0.15, 0.2) is 15.9 Å². The van der Waals surface area contributed by atoms with E-state index in [1.807, 2.05) is 12.1 Å². The standard InChI is InChI=1S/C12H17BrN2OS/c1-2-12(6-3-7-15-12)11(16)14-8-9-4-5-10(13)17-9/h4-5,15H,2-3,6-8H2,1H3,(H,14,16). The van der Waals surface area contributed by atoms with Crippen LogP contribution >= 0.6 is 27.3 Å². The SMILES string of the molecule is CCC1(C(=O)NCc2ccc(Br)s2)CCCN1. The van der Waals surface area contributed by atoms with Crippen molar-refractivity contribution in [3.63, 3.8) is 0 Å². The van der Waals surface area contributed by atoms with Crippen LogP contribution in [0.5, 0.6) is 0 Å². The maximum atomic E-state index is 12.2. The number of halogens is 1. The molecule has 0 bridgehead atoms. The van der Waals surface area contributed by atoms with Crippen LogP contribution in [-0.4, -0.2) is 18.0 Å². The van der Waals surface area contributed by atoms with Crippen LogP contribution in [0, 0.1) is 0 Å². The number of hydrogen-bond donors (Lipinski definition) is 2. The average molecular weight is 317 g/mol. The number of amides is 1. The van der Waals surface area contributed by atoms with Crippen molar-refractivity contribution < 1.29 is 4.79 Å². The van der Waals surface area contributed by atoms with Gasteiger partial charge in [0.15, 0.2) is 0 Å². The van der Waals surface area contributed by atoms with Gasteiger partial charge in [-0.1, -0.05) is 6.92 Å². The van der Waals surface area contributed by atoms with E-state index in [2.05, 4.69) is 33.5 Å². The highest BCUT2D eigenvalue weighted by molar-refractivity contribution is 9.11. The topological polar surface area (TPSA) is 41.1 Å². The van der Waals surface area contributed by atoms with Crippen LogP contribution < -0.4 is 10.6 Å². The lowest BCUT2D eigenvalue weighted by Crippen LogP contribution is -2.52. The summed E-state index contributed by atoms with van der Waals surface area (Å²) in [5.41, 5.74) is -0.325. The number of hydrogen-bond acceptors (Lipinski definition) is 3. The summed E-state index contributed by atoms with van der Waals surface area (Å²) in [5.74, 6) is 0.141. The van der Waals surface area contributed by atoms with Crippen molar-refractivity contribution in [2.45, 2.75) is 38.3 Å². The van der Waals surface area contributed by atoms with Crippen molar-refractivity contribution in [1.29, 1.82) is 0 Å². The molecule has 1 amide bonds. The van der Waals surface area contributed by atoms with Gasteiger partial charge >= 0.3 is 0 Å². The maximum Gasteiger partial charge on any atom is 0.240 e.